The fourth-order valence-electron chi connectivity index (χ4n) is 0.215. The normalized spacial score (nSPS) is 14.8. The molecule has 0 fully saturated rings. The summed E-state index contributed by atoms with van der Waals surface area (Å²) in [5.74, 6) is 0. The van der Waals surface area contributed by atoms with Gasteiger partial charge in [-0.05, 0) is 6.08 Å². The van der Waals surface area contributed by atoms with Crippen LogP contribution in [0.5, 0.6) is 0 Å². The van der Waals surface area contributed by atoms with Crippen molar-refractivity contribution in [3.63, 3.8) is 0 Å². The van der Waals surface area contributed by atoms with E-state index in [1.807, 2.05) is 6.07 Å². The Morgan fingerprint density at radius 1 is 1.83 bits per heavy atom. The lowest BCUT2D eigenvalue weighted by atomic mass is 10.4. The van der Waals surface area contributed by atoms with Crippen LogP contribution in [-0.4, -0.2) is 6.21 Å². The summed E-state index contributed by atoms with van der Waals surface area (Å²) in [4.78, 5) is 3.56. The molecule has 0 aromatic rings. The van der Waals surface area contributed by atoms with E-state index < -0.39 is 0 Å². The Bertz CT molecular complexity index is 147. The van der Waals surface area contributed by atoms with Gasteiger partial charge < -0.3 is 0 Å². The summed E-state index contributed by atoms with van der Waals surface area (Å²) in [6.45, 7) is 0. The Morgan fingerprint density at radius 2 is 2.50 bits per heavy atom. The molecule has 0 saturated carbocycles. The summed E-state index contributed by atoms with van der Waals surface area (Å²) in [5, 5.41) is 7.95. The number of hydrogen-bond acceptors (Lipinski definition) is 2. The van der Waals surface area contributed by atoms with E-state index in [0.717, 1.165) is 0 Å². The molecular formula is C4H2N2. The quantitative estimate of drug-likeness (QED) is 0.415. The highest BCUT2D eigenvalue weighted by Crippen LogP contribution is 1.98. The molecule has 0 bridgehead atoms. The number of hydrogen-bond donors (Lipinski definition) is 0. The lowest BCUT2D eigenvalue weighted by molar-refractivity contribution is 1.36. The third-order valence-corrected chi connectivity index (χ3v) is 0.561. The summed E-state index contributed by atoms with van der Waals surface area (Å²) < 4.78 is 0. The highest BCUT2D eigenvalue weighted by molar-refractivity contribution is 5.81. The van der Waals surface area contributed by atoms with Gasteiger partial charge in [0.15, 0.2) is 0 Å². The van der Waals surface area contributed by atoms with Crippen LogP contribution in [0, 0.1) is 11.3 Å². The van der Waals surface area contributed by atoms with Crippen LogP contribution in [-0.2, 0) is 0 Å². The first-order chi connectivity index (χ1) is 2.93. The number of nitriles is 1. The van der Waals surface area contributed by atoms with Gasteiger partial charge in [0, 0.05) is 6.21 Å². The molecule has 0 amide bonds. The summed E-state index contributed by atoms with van der Waals surface area (Å²) in [7, 11) is 0. The van der Waals surface area contributed by atoms with E-state index in [0.29, 0.717) is 5.70 Å². The number of nitrogens with zero attached hydrogens (tertiary/aromatic N) is 2. The number of rotatable bonds is 0. The number of aliphatic imine (C=N–C) groups is 1. The maximum atomic E-state index is 7.95. The molecule has 0 aromatic carbocycles. The van der Waals surface area contributed by atoms with Gasteiger partial charge in [0.1, 0.15) is 11.8 Å². The maximum Gasteiger partial charge on any atom is 0.141 e. The average Bonchev–Trinajstić information content (AvgIpc) is 1.31. The Balaban J connectivity index is 2.65. The largest absolute Gasteiger partial charge is 0.245 e. The van der Waals surface area contributed by atoms with Gasteiger partial charge in [-0.25, -0.2) is 4.99 Å². The summed E-state index contributed by atoms with van der Waals surface area (Å²) in [5.41, 5.74) is 0.523. The minimum absolute atomic E-state index is 0.523. The molecule has 0 aliphatic carbocycles. The van der Waals surface area contributed by atoms with Crippen molar-refractivity contribution in [3.8, 4) is 6.07 Å². The van der Waals surface area contributed by atoms with Crippen LogP contribution >= 0.6 is 0 Å². The standard InChI is InChI=1S/C4H2N2/c5-3-4-1-2-6-4/h1-2H. The highest BCUT2D eigenvalue weighted by Gasteiger charge is 1.91. The molecule has 2 heteroatoms. The second kappa shape index (κ2) is 0.942. The van der Waals surface area contributed by atoms with E-state index in [-0.39, 0.29) is 0 Å². The number of allylic oxidation sites excluding steroid dienone is 2. The summed E-state index contributed by atoms with van der Waals surface area (Å²) in [6.07, 6.45) is 3.26. The summed E-state index contributed by atoms with van der Waals surface area (Å²) in [6, 6.07) is 1.86. The van der Waals surface area contributed by atoms with Crippen molar-refractivity contribution < 1.29 is 0 Å². The fraction of sp³-hybridized carbons (Fsp3) is 0. The molecule has 0 aromatic heterocycles. The van der Waals surface area contributed by atoms with Crippen LogP contribution in [0.25, 0.3) is 0 Å². The third-order valence-electron chi connectivity index (χ3n) is 0.561. The van der Waals surface area contributed by atoms with Crippen molar-refractivity contribution in [2.75, 3.05) is 0 Å². The predicted molar refractivity (Wildman–Crippen MR) is 22.2 cm³/mol. The molecule has 0 atom stereocenters. The van der Waals surface area contributed by atoms with Crippen molar-refractivity contribution in [2.24, 2.45) is 4.99 Å². The van der Waals surface area contributed by atoms with Crippen LogP contribution in [0.1, 0.15) is 0 Å². The zero-order chi connectivity index (χ0) is 4.41. The molecule has 6 heavy (non-hydrogen) atoms. The van der Waals surface area contributed by atoms with E-state index in [2.05, 4.69) is 4.99 Å². The van der Waals surface area contributed by atoms with Gasteiger partial charge in [-0.2, -0.15) is 5.26 Å². The Labute approximate surface area is 35.4 Å². The van der Waals surface area contributed by atoms with Crippen LogP contribution in [0.2, 0.25) is 0 Å². The second-order valence-electron chi connectivity index (χ2n) is 0.942. The molecule has 1 heterocycles. The molecule has 28 valence electrons. The monoisotopic (exact) mass is 78.0 g/mol. The van der Waals surface area contributed by atoms with Gasteiger partial charge in [0.2, 0.25) is 0 Å². The van der Waals surface area contributed by atoms with Gasteiger partial charge in [0.25, 0.3) is 0 Å². The van der Waals surface area contributed by atoms with E-state index in [9.17, 15) is 0 Å². The first-order valence-electron chi connectivity index (χ1n) is 1.58. The van der Waals surface area contributed by atoms with Gasteiger partial charge in [-0.15, -0.1) is 0 Å². The van der Waals surface area contributed by atoms with Crippen molar-refractivity contribution in [1.82, 2.24) is 0 Å². The fourth-order valence-corrected chi connectivity index (χ4v) is 0.215. The van der Waals surface area contributed by atoms with Crippen LogP contribution < -0.4 is 0 Å². The van der Waals surface area contributed by atoms with Crippen molar-refractivity contribution in [1.29, 1.82) is 5.26 Å². The van der Waals surface area contributed by atoms with Gasteiger partial charge in [0.05, 0.1) is 0 Å². The SMILES string of the molecule is N#CC1=CC=N1. The van der Waals surface area contributed by atoms with E-state index >= 15 is 0 Å². The third kappa shape index (κ3) is 0.220. The molecule has 0 unspecified atom stereocenters. The van der Waals surface area contributed by atoms with Gasteiger partial charge >= 0.3 is 0 Å². The average molecular weight is 78.1 g/mol. The topological polar surface area (TPSA) is 36.1 Å². The molecule has 1 rings (SSSR count). The predicted octanol–water partition coefficient (Wildman–Crippen LogP) is 0.478. The van der Waals surface area contributed by atoms with Crippen LogP contribution in [0.4, 0.5) is 0 Å². The Hall–Kier alpha value is -1.10. The summed E-state index contributed by atoms with van der Waals surface area (Å²) >= 11 is 0. The van der Waals surface area contributed by atoms with Crippen molar-refractivity contribution >= 4 is 6.21 Å². The van der Waals surface area contributed by atoms with Crippen LogP contribution in [0.15, 0.2) is 16.8 Å². The zero-order valence-electron chi connectivity index (χ0n) is 3.05. The molecule has 2 nitrogen and oxygen atoms in total. The second-order valence-corrected chi connectivity index (χ2v) is 0.942. The molecule has 0 N–H and O–H groups in total. The molecule has 1 aliphatic heterocycles. The van der Waals surface area contributed by atoms with Crippen molar-refractivity contribution in [3.05, 3.63) is 11.8 Å². The molecule has 1 aliphatic rings. The molecular weight excluding hydrogens is 76.1 g/mol. The molecule has 0 spiro atoms. The Morgan fingerprint density at radius 3 is 2.50 bits per heavy atom. The first kappa shape index (κ1) is 3.10. The smallest absolute Gasteiger partial charge is 0.141 e. The first-order valence-corrected chi connectivity index (χ1v) is 1.58. The van der Waals surface area contributed by atoms with E-state index in [1.54, 1.807) is 12.3 Å². The Kier molecular flexibility index (Phi) is 0.487. The van der Waals surface area contributed by atoms with Gasteiger partial charge in [-0.1, -0.05) is 0 Å². The minimum atomic E-state index is 0.523. The van der Waals surface area contributed by atoms with Crippen LogP contribution in [0.3, 0.4) is 0 Å². The van der Waals surface area contributed by atoms with Gasteiger partial charge in [-0.3, -0.25) is 0 Å². The maximum absolute atomic E-state index is 7.95. The minimum Gasteiger partial charge on any atom is -0.245 e. The lowest BCUT2D eigenvalue weighted by Gasteiger charge is -1.89. The molecule has 0 saturated heterocycles. The molecule has 0 radical (unpaired) electrons. The zero-order valence-corrected chi connectivity index (χ0v) is 3.05. The van der Waals surface area contributed by atoms with E-state index in [4.69, 9.17) is 5.26 Å². The lowest BCUT2D eigenvalue weighted by Crippen LogP contribution is -1.83. The highest BCUT2D eigenvalue weighted by atomic mass is 14.8. The van der Waals surface area contributed by atoms with Crippen molar-refractivity contribution in [2.45, 2.75) is 0 Å². The van der Waals surface area contributed by atoms with E-state index in [1.165, 1.54) is 0 Å².